The molecule has 0 bridgehead atoms. The third-order valence-electron chi connectivity index (χ3n) is 12.0. The Morgan fingerprint density at radius 3 is 2.59 bits per heavy atom. The van der Waals surface area contributed by atoms with Gasteiger partial charge < -0.3 is 20.5 Å². The van der Waals surface area contributed by atoms with Crippen LogP contribution in [0.3, 0.4) is 0 Å². The van der Waals surface area contributed by atoms with E-state index in [1.54, 1.807) is 7.11 Å². The maximum absolute atomic E-state index is 13.9. The highest BCUT2D eigenvalue weighted by atomic mass is 16.5. The second-order valence-corrected chi connectivity index (χ2v) is 15.7. The van der Waals surface area contributed by atoms with Crippen LogP contribution in [0.5, 0.6) is 5.88 Å². The van der Waals surface area contributed by atoms with Gasteiger partial charge in [0, 0.05) is 55.6 Å². The van der Waals surface area contributed by atoms with Gasteiger partial charge in [-0.1, -0.05) is 43.3 Å². The van der Waals surface area contributed by atoms with Crippen molar-refractivity contribution in [1.82, 2.24) is 24.3 Å². The third-order valence-corrected chi connectivity index (χ3v) is 12.0. The van der Waals surface area contributed by atoms with Gasteiger partial charge in [-0.15, -0.1) is 6.58 Å². The molecule has 12 nitrogen and oxygen atoms in total. The van der Waals surface area contributed by atoms with Crippen molar-refractivity contribution in [3.8, 4) is 28.3 Å². The number of hydrogen-bond donors (Lipinski definition) is 3. The van der Waals surface area contributed by atoms with Crippen LogP contribution in [0.15, 0.2) is 70.9 Å². The summed E-state index contributed by atoms with van der Waals surface area (Å²) in [6.45, 7) is 11.4. The van der Waals surface area contributed by atoms with E-state index in [0.717, 1.165) is 88.8 Å². The number of carbonyl (C=O) groups is 2. The van der Waals surface area contributed by atoms with E-state index in [-0.39, 0.29) is 35.5 Å². The Bertz CT molecular complexity index is 2330. The lowest BCUT2D eigenvalue weighted by Crippen LogP contribution is -2.44. The summed E-state index contributed by atoms with van der Waals surface area (Å²) >= 11 is 0. The van der Waals surface area contributed by atoms with E-state index in [1.165, 1.54) is 30.3 Å². The lowest BCUT2D eigenvalue weighted by molar-refractivity contribution is -0.119. The third kappa shape index (κ3) is 7.12. The Morgan fingerprint density at radius 1 is 1.14 bits per heavy atom. The lowest BCUT2D eigenvalue weighted by Gasteiger charge is -2.29. The number of aliphatic hydroxyl groups excluding tert-OH is 1. The van der Waals surface area contributed by atoms with Gasteiger partial charge in [0.2, 0.25) is 11.8 Å². The summed E-state index contributed by atoms with van der Waals surface area (Å²) in [6.07, 6.45) is 7.98. The van der Waals surface area contributed by atoms with E-state index >= 15 is 0 Å². The van der Waals surface area contributed by atoms with Crippen LogP contribution in [-0.2, 0) is 24.8 Å². The second kappa shape index (κ2) is 15.7. The molecule has 2 aliphatic heterocycles. The van der Waals surface area contributed by atoms with Crippen molar-refractivity contribution in [1.29, 1.82) is 0 Å². The predicted octanol–water partition coefficient (Wildman–Crippen LogP) is 5.64. The van der Waals surface area contributed by atoms with Gasteiger partial charge in [0.05, 0.1) is 31.0 Å². The fourth-order valence-electron chi connectivity index (χ4n) is 9.22. The SMILES string of the molecule is C=CCC(CC)c1c(NC(=O)c2cn(C[C@@H](C)O)c(=O)n(C)c2=O)cccc1-c1cccc(-c2cc3c(c(OC)n2)C(N2CC[C@@]4(CCC(=O)N4)C2)CC3)c1C. The molecule has 4 atom stereocenters. The Kier molecular flexibility index (Phi) is 10.9. The standard InChI is InChI=1S/C44H52N6O6/c1-7-11-28(8-2)38-32(14-10-15-34(38)45-40(53)33-24-50(23-26(3)51)43(55)48(5)42(33)54)30-12-9-13-31(27(30)4)35-22-29-16-17-36(39(29)41(46-35)56-6)49-21-20-44(25-49)19-18-37(52)47-44/h7,9-10,12-15,22,24,26,28,36,51H,1,8,11,16-21,23,25H2,2-6H3,(H,45,53)(H,47,52)/t26-,28?,36?,44+/m1/s1. The lowest BCUT2D eigenvalue weighted by atomic mass is 9.83. The van der Waals surface area contributed by atoms with Crippen LogP contribution in [0.2, 0.25) is 0 Å². The molecule has 0 saturated carbocycles. The normalized spacial score (nSPS) is 20.2. The minimum atomic E-state index is -0.858. The molecule has 294 valence electrons. The van der Waals surface area contributed by atoms with Crippen molar-refractivity contribution in [3.05, 3.63) is 110 Å². The number of fused-ring (bicyclic) bond motifs is 1. The number of methoxy groups -OCH3 is 1. The Labute approximate surface area is 327 Å². The van der Waals surface area contributed by atoms with Gasteiger partial charge in [0.15, 0.2) is 0 Å². The number of amides is 2. The zero-order chi connectivity index (χ0) is 39.9. The summed E-state index contributed by atoms with van der Waals surface area (Å²) in [5.74, 6) is 0.129. The highest BCUT2D eigenvalue weighted by Crippen LogP contribution is 2.47. The van der Waals surface area contributed by atoms with Gasteiger partial charge in [-0.25, -0.2) is 9.78 Å². The summed E-state index contributed by atoms with van der Waals surface area (Å²) in [4.78, 5) is 59.6. The number of pyridine rings is 1. The van der Waals surface area contributed by atoms with E-state index in [4.69, 9.17) is 9.72 Å². The number of aliphatic hydroxyl groups is 1. The highest BCUT2D eigenvalue weighted by molar-refractivity contribution is 6.05. The van der Waals surface area contributed by atoms with Gasteiger partial charge in [-0.2, -0.15) is 0 Å². The number of hydrogen-bond acceptors (Lipinski definition) is 8. The highest BCUT2D eigenvalue weighted by Gasteiger charge is 2.46. The number of allylic oxidation sites excluding steroid dienone is 1. The number of anilines is 1. The smallest absolute Gasteiger partial charge is 0.330 e. The summed E-state index contributed by atoms with van der Waals surface area (Å²) < 4.78 is 8.08. The minimum absolute atomic E-state index is 0.00786. The second-order valence-electron chi connectivity index (χ2n) is 15.7. The van der Waals surface area contributed by atoms with Crippen LogP contribution in [0, 0.1) is 6.92 Å². The number of rotatable bonds is 12. The van der Waals surface area contributed by atoms with Gasteiger partial charge in [0.1, 0.15) is 5.56 Å². The first-order valence-corrected chi connectivity index (χ1v) is 19.7. The molecule has 3 aliphatic rings. The van der Waals surface area contributed by atoms with E-state index in [1.807, 2.05) is 24.3 Å². The molecule has 56 heavy (non-hydrogen) atoms. The number of nitrogens with zero attached hydrogens (tertiary/aromatic N) is 4. The first-order valence-electron chi connectivity index (χ1n) is 19.7. The minimum Gasteiger partial charge on any atom is -0.481 e. The van der Waals surface area contributed by atoms with Crippen molar-refractivity contribution < 1.29 is 19.4 Å². The molecule has 2 aromatic carbocycles. The maximum atomic E-state index is 13.9. The zero-order valence-corrected chi connectivity index (χ0v) is 33.0. The van der Waals surface area contributed by atoms with Crippen LogP contribution < -0.4 is 26.6 Å². The molecule has 2 saturated heterocycles. The number of aryl methyl sites for hydroxylation is 1. The summed E-state index contributed by atoms with van der Waals surface area (Å²) in [7, 11) is 3.00. The average molecular weight is 761 g/mol. The Morgan fingerprint density at radius 2 is 1.89 bits per heavy atom. The molecule has 12 heteroatoms. The van der Waals surface area contributed by atoms with Gasteiger partial charge in [0.25, 0.3) is 11.5 Å². The van der Waals surface area contributed by atoms with Crippen molar-refractivity contribution in [2.24, 2.45) is 7.05 Å². The summed E-state index contributed by atoms with van der Waals surface area (Å²) in [5, 5.41) is 16.2. The van der Waals surface area contributed by atoms with Gasteiger partial charge >= 0.3 is 5.69 Å². The molecule has 2 fully saturated rings. The molecule has 3 N–H and O–H groups in total. The number of likely N-dealkylation sites (tertiary alicyclic amines) is 1. The quantitative estimate of drug-likeness (QED) is 0.157. The summed E-state index contributed by atoms with van der Waals surface area (Å²) in [6, 6.07) is 14.4. The van der Waals surface area contributed by atoms with Crippen LogP contribution in [0.25, 0.3) is 22.4 Å². The fraction of sp³-hybridized carbons (Fsp3) is 0.432. The van der Waals surface area contributed by atoms with Crippen molar-refractivity contribution in [2.75, 3.05) is 25.5 Å². The molecule has 0 radical (unpaired) electrons. The number of carbonyl (C=O) groups excluding carboxylic acids is 2. The first-order chi connectivity index (χ1) is 26.9. The fourth-order valence-corrected chi connectivity index (χ4v) is 9.22. The molecule has 4 aromatic rings. The van der Waals surface area contributed by atoms with Crippen molar-refractivity contribution >= 4 is 17.5 Å². The monoisotopic (exact) mass is 760 g/mol. The Hall–Kier alpha value is -5.33. The Balaban J connectivity index is 1.26. The van der Waals surface area contributed by atoms with Crippen LogP contribution in [-0.4, -0.2) is 67.8 Å². The summed E-state index contributed by atoms with van der Waals surface area (Å²) in [5.41, 5.74) is 6.94. The predicted molar refractivity (Wildman–Crippen MR) is 217 cm³/mol. The molecule has 2 aromatic heterocycles. The molecule has 2 amide bonds. The van der Waals surface area contributed by atoms with Crippen LogP contribution in [0.1, 0.15) is 96.9 Å². The molecular formula is C44H52N6O6. The van der Waals surface area contributed by atoms with E-state index < -0.39 is 23.3 Å². The molecule has 1 aliphatic carbocycles. The van der Waals surface area contributed by atoms with E-state index in [2.05, 4.69) is 60.2 Å². The van der Waals surface area contributed by atoms with Gasteiger partial charge in [-0.05, 0) is 98.2 Å². The van der Waals surface area contributed by atoms with E-state index in [9.17, 15) is 24.3 Å². The van der Waals surface area contributed by atoms with Crippen LogP contribution in [0.4, 0.5) is 5.69 Å². The largest absolute Gasteiger partial charge is 0.481 e. The van der Waals surface area contributed by atoms with Crippen LogP contribution >= 0.6 is 0 Å². The number of benzene rings is 2. The first kappa shape index (κ1) is 38.9. The topological polar surface area (TPSA) is 148 Å². The number of ether oxygens (including phenoxy) is 1. The molecule has 1 spiro atoms. The number of aromatic nitrogens is 3. The average Bonchev–Trinajstić information content (AvgIpc) is 3.91. The maximum Gasteiger partial charge on any atom is 0.330 e. The van der Waals surface area contributed by atoms with Crippen molar-refractivity contribution in [3.63, 3.8) is 0 Å². The number of nitrogens with one attached hydrogen (secondary N) is 2. The molecular weight excluding hydrogens is 709 g/mol. The molecule has 2 unspecified atom stereocenters. The van der Waals surface area contributed by atoms with Gasteiger partial charge in [-0.3, -0.25) is 28.4 Å². The molecule has 4 heterocycles. The van der Waals surface area contributed by atoms with Crippen molar-refractivity contribution in [2.45, 2.75) is 95.9 Å². The molecule has 7 rings (SSSR count). The zero-order valence-electron chi connectivity index (χ0n) is 33.0. The van der Waals surface area contributed by atoms with E-state index in [0.29, 0.717) is 24.4 Å².